The van der Waals surface area contributed by atoms with Gasteiger partial charge in [0.05, 0.1) is 25.4 Å². The Bertz CT molecular complexity index is 1240. The van der Waals surface area contributed by atoms with Crippen molar-refractivity contribution in [2.24, 2.45) is 0 Å². The van der Waals surface area contributed by atoms with E-state index in [0.29, 0.717) is 46.6 Å². The van der Waals surface area contributed by atoms with Crippen molar-refractivity contribution in [1.82, 2.24) is 14.9 Å². The first-order valence-electron chi connectivity index (χ1n) is 11.2. The summed E-state index contributed by atoms with van der Waals surface area (Å²) in [6.45, 7) is 6.88. The Kier molecular flexibility index (Phi) is 5.07. The quantitative estimate of drug-likeness (QED) is 0.541. The third-order valence-corrected chi connectivity index (χ3v) is 6.35. The number of methoxy groups -OCH3 is 1. The van der Waals surface area contributed by atoms with E-state index in [1.54, 1.807) is 24.3 Å². The highest BCUT2D eigenvalue weighted by Gasteiger charge is 2.32. The first-order valence-corrected chi connectivity index (χ1v) is 11.2. The molecule has 1 aliphatic carbocycles. The molecule has 0 saturated heterocycles. The Morgan fingerprint density at radius 3 is 2.70 bits per heavy atom. The molecule has 7 nitrogen and oxygen atoms in total. The molecule has 0 spiro atoms. The number of hydrogen-bond donors (Lipinski definition) is 1. The van der Waals surface area contributed by atoms with Crippen LogP contribution in [0.3, 0.4) is 0 Å². The van der Waals surface area contributed by atoms with E-state index in [-0.39, 0.29) is 17.7 Å². The highest BCUT2D eigenvalue weighted by molar-refractivity contribution is 6.05. The molecule has 1 saturated carbocycles. The molecule has 2 aromatic heterocycles. The van der Waals surface area contributed by atoms with Crippen LogP contribution in [0, 0.1) is 5.41 Å². The van der Waals surface area contributed by atoms with Crippen LogP contribution >= 0.6 is 0 Å². The number of amidine groups is 1. The van der Waals surface area contributed by atoms with Crippen molar-refractivity contribution in [1.29, 1.82) is 5.41 Å². The summed E-state index contributed by atoms with van der Waals surface area (Å²) in [5.74, 6) is 2.01. The second-order valence-electron chi connectivity index (χ2n) is 9.87. The predicted octanol–water partition coefficient (Wildman–Crippen LogP) is 4.94. The summed E-state index contributed by atoms with van der Waals surface area (Å²) < 4.78 is 11.3. The number of rotatable bonds is 6. The number of oxazole rings is 1. The van der Waals surface area contributed by atoms with Gasteiger partial charge in [-0.15, -0.1) is 0 Å². The van der Waals surface area contributed by atoms with Crippen molar-refractivity contribution in [3.05, 3.63) is 64.9 Å². The minimum absolute atomic E-state index is 0.0658. The van der Waals surface area contributed by atoms with Crippen LogP contribution in [0.25, 0.3) is 11.3 Å². The van der Waals surface area contributed by atoms with E-state index >= 15 is 0 Å². The van der Waals surface area contributed by atoms with E-state index in [0.717, 1.165) is 16.8 Å². The fourth-order valence-corrected chi connectivity index (χ4v) is 4.37. The van der Waals surface area contributed by atoms with Crippen LogP contribution in [0.5, 0.6) is 5.75 Å². The van der Waals surface area contributed by atoms with Crippen LogP contribution in [0.15, 0.2) is 41.3 Å². The average Bonchev–Trinajstić information content (AvgIpc) is 3.40. The lowest BCUT2D eigenvalue weighted by molar-refractivity contribution is 0.0962. The van der Waals surface area contributed by atoms with Gasteiger partial charge in [-0.05, 0) is 36.5 Å². The average molecular weight is 445 g/mol. The van der Waals surface area contributed by atoms with Gasteiger partial charge < -0.3 is 14.1 Å². The molecule has 3 aromatic rings. The number of pyridine rings is 1. The van der Waals surface area contributed by atoms with Gasteiger partial charge in [0.2, 0.25) is 0 Å². The number of ether oxygens (including phenoxy) is 1. The zero-order chi connectivity index (χ0) is 23.3. The number of hydrogen-bond acceptors (Lipinski definition) is 6. The van der Waals surface area contributed by atoms with Gasteiger partial charge in [-0.25, -0.2) is 9.97 Å². The fraction of sp³-hybridized carbons (Fsp3) is 0.385. The standard InChI is InChI=1S/C26H28N4O3/c1-26(2,3)19-10-17(9-18(24(19)32-4)22-11-28-14-33-22)21(31)13-30-12-16-7-8-20(15-5-6-15)29-23(16)25(30)27/h7-11,14-15,27H,5-6,12-13H2,1-4H3. The van der Waals surface area contributed by atoms with Crippen molar-refractivity contribution in [2.75, 3.05) is 13.7 Å². The van der Waals surface area contributed by atoms with Gasteiger partial charge >= 0.3 is 0 Å². The predicted molar refractivity (Wildman–Crippen MR) is 125 cm³/mol. The van der Waals surface area contributed by atoms with E-state index in [9.17, 15) is 4.79 Å². The molecule has 33 heavy (non-hydrogen) atoms. The van der Waals surface area contributed by atoms with Crippen LogP contribution < -0.4 is 4.74 Å². The summed E-state index contributed by atoms with van der Waals surface area (Å²) in [7, 11) is 1.62. The summed E-state index contributed by atoms with van der Waals surface area (Å²) in [6.07, 6.45) is 5.32. The molecule has 1 fully saturated rings. The zero-order valence-electron chi connectivity index (χ0n) is 19.4. The molecule has 1 aromatic carbocycles. The molecule has 1 N–H and O–H groups in total. The van der Waals surface area contributed by atoms with Gasteiger partial charge in [0.25, 0.3) is 0 Å². The van der Waals surface area contributed by atoms with Gasteiger partial charge in [0.15, 0.2) is 17.9 Å². The molecule has 2 aliphatic rings. The highest BCUT2D eigenvalue weighted by atomic mass is 16.5. The van der Waals surface area contributed by atoms with Gasteiger partial charge in [0, 0.05) is 34.8 Å². The number of nitrogens with one attached hydrogen (secondary N) is 1. The third-order valence-electron chi connectivity index (χ3n) is 6.35. The summed E-state index contributed by atoms with van der Waals surface area (Å²) >= 11 is 0. The van der Waals surface area contributed by atoms with Crippen LogP contribution in [0.1, 0.15) is 72.4 Å². The Morgan fingerprint density at radius 2 is 2.06 bits per heavy atom. The summed E-state index contributed by atoms with van der Waals surface area (Å²) in [5.41, 5.74) is 4.69. The monoisotopic (exact) mass is 444 g/mol. The number of ketones is 1. The molecule has 1 aliphatic heterocycles. The molecule has 5 rings (SSSR count). The maximum absolute atomic E-state index is 13.4. The van der Waals surface area contributed by atoms with E-state index in [4.69, 9.17) is 19.5 Å². The molecular weight excluding hydrogens is 416 g/mol. The number of carbonyl (C=O) groups is 1. The fourth-order valence-electron chi connectivity index (χ4n) is 4.37. The normalized spacial score (nSPS) is 15.6. The molecule has 0 unspecified atom stereocenters. The minimum atomic E-state index is -0.254. The Balaban J connectivity index is 1.46. The van der Waals surface area contributed by atoms with E-state index < -0.39 is 0 Å². The minimum Gasteiger partial charge on any atom is -0.496 e. The van der Waals surface area contributed by atoms with E-state index in [1.165, 1.54) is 19.2 Å². The number of carbonyl (C=O) groups excluding carboxylic acids is 1. The summed E-state index contributed by atoms with van der Waals surface area (Å²) in [5, 5.41) is 8.63. The number of aromatic nitrogens is 2. The summed E-state index contributed by atoms with van der Waals surface area (Å²) in [6, 6.07) is 7.82. The third kappa shape index (κ3) is 3.92. The molecule has 0 bridgehead atoms. The maximum Gasteiger partial charge on any atom is 0.182 e. The second kappa shape index (κ2) is 7.83. The maximum atomic E-state index is 13.4. The van der Waals surface area contributed by atoms with E-state index in [2.05, 4.69) is 37.9 Å². The van der Waals surface area contributed by atoms with Crippen molar-refractivity contribution in [2.45, 2.75) is 51.5 Å². The SMILES string of the molecule is COc1c(-c2cnco2)cc(C(=O)CN2Cc3ccc(C4CC4)nc3C2=N)cc1C(C)(C)C. The topological polar surface area (TPSA) is 92.3 Å². The Hall–Kier alpha value is -3.48. The highest BCUT2D eigenvalue weighted by Crippen LogP contribution is 2.41. The largest absolute Gasteiger partial charge is 0.496 e. The molecule has 3 heterocycles. The second-order valence-corrected chi connectivity index (χ2v) is 9.87. The van der Waals surface area contributed by atoms with Gasteiger partial charge in [-0.1, -0.05) is 26.8 Å². The molecule has 0 radical (unpaired) electrons. The van der Waals surface area contributed by atoms with Gasteiger partial charge in [-0.2, -0.15) is 0 Å². The first kappa shape index (κ1) is 21.4. The van der Waals surface area contributed by atoms with Crippen LogP contribution in [-0.2, 0) is 12.0 Å². The lowest BCUT2D eigenvalue weighted by atomic mass is 9.83. The van der Waals surface area contributed by atoms with Crippen LogP contribution in [0.2, 0.25) is 0 Å². The lowest BCUT2D eigenvalue weighted by Crippen LogP contribution is -2.30. The van der Waals surface area contributed by atoms with Crippen molar-refractivity contribution in [3.63, 3.8) is 0 Å². The number of benzene rings is 1. The lowest BCUT2D eigenvalue weighted by Gasteiger charge is -2.25. The first-order chi connectivity index (χ1) is 15.8. The molecular formula is C26H28N4O3. The van der Waals surface area contributed by atoms with Crippen molar-refractivity contribution >= 4 is 11.6 Å². The van der Waals surface area contributed by atoms with Gasteiger partial charge in [0.1, 0.15) is 17.3 Å². The van der Waals surface area contributed by atoms with E-state index in [1.807, 2.05) is 6.07 Å². The number of nitrogens with zero attached hydrogens (tertiary/aromatic N) is 3. The number of Topliss-reactive ketones (excluding diaryl/α,β-unsaturated/α-hetero) is 1. The molecule has 0 atom stereocenters. The summed E-state index contributed by atoms with van der Waals surface area (Å²) in [4.78, 5) is 24.0. The zero-order valence-corrected chi connectivity index (χ0v) is 19.4. The molecule has 0 amide bonds. The Morgan fingerprint density at radius 1 is 1.27 bits per heavy atom. The van der Waals surface area contributed by atoms with Gasteiger partial charge in [-0.3, -0.25) is 10.2 Å². The molecule has 7 heteroatoms. The number of fused-ring (bicyclic) bond motifs is 1. The van der Waals surface area contributed by atoms with Crippen molar-refractivity contribution < 1.29 is 13.9 Å². The van der Waals surface area contributed by atoms with Crippen LogP contribution in [-0.4, -0.2) is 40.1 Å². The van der Waals surface area contributed by atoms with Crippen LogP contribution in [0.4, 0.5) is 0 Å². The Labute approximate surface area is 193 Å². The van der Waals surface area contributed by atoms with Crippen molar-refractivity contribution in [3.8, 4) is 17.1 Å². The smallest absolute Gasteiger partial charge is 0.182 e. The molecule has 170 valence electrons.